The van der Waals surface area contributed by atoms with Crippen molar-refractivity contribution in [2.75, 3.05) is 18.0 Å². The van der Waals surface area contributed by atoms with E-state index in [1.165, 1.54) is 0 Å². The molecule has 116 valence electrons. The number of aromatic nitrogens is 2. The Morgan fingerprint density at radius 3 is 2.57 bits per heavy atom. The molecule has 1 fully saturated rings. The summed E-state index contributed by atoms with van der Waals surface area (Å²) >= 11 is 0. The van der Waals surface area contributed by atoms with Crippen molar-refractivity contribution in [3.05, 3.63) is 15.8 Å². The average molecular weight is 296 g/mol. The van der Waals surface area contributed by atoms with Crippen molar-refractivity contribution in [1.82, 2.24) is 9.78 Å². The summed E-state index contributed by atoms with van der Waals surface area (Å²) in [6, 6.07) is 0. The SMILES string of the molecule is CCn1nc(C)c([N+](=O)[O-])c1N1CCC(CC(=O)O)CC1. The lowest BCUT2D eigenvalue weighted by Gasteiger charge is -2.32. The average Bonchev–Trinajstić information content (AvgIpc) is 2.76. The third-order valence-corrected chi connectivity index (χ3v) is 3.93. The highest BCUT2D eigenvalue weighted by Crippen LogP contribution is 2.34. The van der Waals surface area contributed by atoms with Crippen molar-refractivity contribution in [2.45, 2.75) is 39.7 Å². The predicted octanol–water partition coefficient (Wildman–Crippen LogP) is 1.81. The number of nitro groups is 1. The minimum Gasteiger partial charge on any atom is -0.481 e. The van der Waals surface area contributed by atoms with Gasteiger partial charge in [0.1, 0.15) is 5.69 Å². The van der Waals surface area contributed by atoms with Gasteiger partial charge in [0.25, 0.3) is 0 Å². The molecule has 1 saturated heterocycles. The monoisotopic (exact) mass is 296 g/mol. The number of nitrogens with zero attached hydrogens (tertiary/aromatic N) is 4. The Morgan fingerprint density at radius 1 is 1.48 bits per heavy atom. The largest absolute Gasteiger partial charge is 0.481 e. The van der Waals surface area contributed by atoms with E-state index in [-0.39, 0.29) is 22.9 Å². The highest BCUT2D eigenvalue weighted by atomic mass is 16.6. The molecule has 0 amide bonds. The van der Waals surface area contributed by atoms with Crippen molar-refractivity contribution < 1.29 is 14.8 Å². The van der Waals surface area contributed by atoms with Gasteiger partial charge in [-0.25, -0.2) is 4.68 Å². The number of hydrogen-bond donors (Lipinski definition) is 1. The van der Waals surface area contributed by atoms with Crippen LogP contribution in [0.5, 0.6) is 0 Å². The zero-order chi connectivity index (χ0) is 15.6. The van der Waals surface area contributed by atoms with Gasteiger partial charge in [-0.2, -0.15) is 5.10 Å². The predicted molar refractivity (Wildman–Crippen MR) is 76.5 cm³/mol. The van der Waals surface area contributed by atoms with Crippen molar-refractivity contribution >= 4 is 17.5 Å². The van der Waals surface area contributed by atoms with Gasteiger partial charge in [-0.1, -0.05) is 0 Å². The molecular weight excluding hydrogens is 276 g/mol. The lowest BCUT2D eigenvalue weighted by Crippen LogP contribution is -2.36. The van der Waals surface area contributed by atoms with Gasteiger partial charge in [-0.15, -0.1) is 0 Å². The summed E-state index contributed by atoms with van der Waals surface area (Å²) in [4.78, 5) is 23.6. The fourth-order valence-corrected chi connectivity index (χ4v) is 2.90. The molecule has 21 heavy (non-hydrogen) atoms. The molecule has 1 N–H and O–H groups in total. The highest BCUT2D eigenvalue weighted by molar-refractivity contribution is 5.67. The first-order valence-electron chi connectivity index (χ1n) is 7.12. The van der Waals surface area contributed by atoms with Crippen LogP contribution >= 0.6 is 0 Å². The van der Waals surface area contributed by atoms with E-state index >= 15 is 0 Å². The standard InChI is InChI=1S/C13H20N4O4/c1-3-16-13(12(17(20)21)9(2)14-16)15-6-4-10(5-7-15)8-11(18)19/h10H,3-8H2,1-2H3,(H,18,19). The second-order valence-electron chi connectivity index (χ2n) is 5.36. The second-order valence-corrected chi connectivity index (χ2v) is 5.36. The number of carboxylic acids is 1. The molecule has 8 nitrogen and oxygen atoms in total. The fourth-order valence-electron chi connectivity index (χ4n) is 2.90. The van der Waals surface area contributed by atoms with Crippen LogP contribution in [0.4, 0.5) is 11.5 Å². The number of rotatable bonds is 5. The van der Waals surface area contributed by atoms with Gasteiger partial charge >= 0.3 is 11.7 Å². The zero-order valence-electron chi connectivity index (χ0n) is 12.3. The van der Waals surface area contributed by atoms with Crippen molar-refractivity contribution in [3.8, 4) is 0 Å². The number of carboxylic acid groups (broad SMARTS) is 1. The molecule has 2 rings (SSSR count). The number of aliphatic carboxylic acids is 1. The van der Waals surface area contributed by atoms with Gasteiger partial charge < -0.3 is 10.0 Å². The number of piperidine rings is 1. The Hall–Kier alpha value is -2.12. The van der Waals surface area contributed by atoms with Gasteiger partial charge in [0.15, 0.2) is 0 Å². The third-order valence-electron chi connectivity index (χ3n) is 3.93. The summed E-state index contributed by atoms with van der Waals surface area (Å²) in [7, 11) is 0. The normalized spacial score (nSPS) is 16.2. The maximum absolute atomic E-state index is 11.3. The van der Waals surface area contributed by atoms with Crippen LogP contribution in [0.2, 0.25) is 0 Å². The van der Waals surface area contributed by atoms with E-state index in [9.17, 15) is 14.9 Å². The van der Waals surface area contributed by atoms with E-state index in [4.69, 9.17) is 5.11 Å². The third kappa shape index (κ3) is 3.14. The molecule has 0 saturated carbocycles. The molecule has 8 heteroatoms. The van der Waals surface area contributed by atoms with Gasteiger partial charge in [-0.05, 0) is 32.6 Å². The molecular formula is C13H20N4O4. The molecule has 0 aromatic carbocycles. The Bertz CT molecular complexity index is 547. The van der Waals surface area contributed by atoms with Gasteiger partial charge in [0, 0.05) is 26.1 Å². The summed E-state index contributed by atoms with van der Waals surface area (Å²) in [5.41, 5.74) is 0.484. The zero-order valence-corrected chi connectivity index (χ0v) is 12.3. The van der Waals surface area contributed by atoms with Crippen LogP contribution < -0.4 is 4.90 Å². The summed E-state index contributed by atoms with van der Waals surface area (Å²) in [5.74, 6) is -0.0837. The maximum Gasteiger partial charge on any atom is 0.333 e. The Morgan fingerprint density at radius 2 is 2.10 bits per heavy atom. The Kier molecular flexibility index (Phi) is 4.44. The second kappa shape index (κ2) is 6.11. The molecule has 0 radical (unpaired) electrons. The minimum atomic E-state index is -0.783. The quantitative estimate of drug-likeness (QED) is 0.656. The van der Waals surface area contributed by atoms with Gasteiger partial charge in [0.05, 0.1) is 4.92 Å². The molecule has 0 bridgehead atoms. The van der Waals surface area contributed by atoms with E-state index in [1.54, 1.807) is 11.6 Å². The molecule has 0 atom stereocenters. The summed E-state index contributed by atoms with van der Waals surface area (Å²) < 4.78 is 1.66. The molecule has 0 unspecified atom stereocenters. The first-order chi connectivity index (χ1) is 9.93. The molecule has 1 aliphatic heterocycles. The summed E-state index contributed by atoms with van der Waals surface area (Å²) in [5, 5.41) is 24.3. The number of aryl methyl sites for hydroxylation is 2. The minimum absolute atomic E-state index is 0.0635. The van der Waals surface area contributed by atoms with Gasteiger partial charge in [0.2, 0.25) is 5.82 Å². The molecule has 1 aromatic rings. The highest BCUT2D eigenvalue weighted by Gasteiger charge is 2.31. The van der Waals surface area contributed by atoms with Crippen molar-refractivity contribution in [2.24, 2.45) is 5.92 Å². The van der Waals surface area contributed by atoms with Crippen LogP contribution in [0.15, 0.2) is 0 Å². The van der Waals surface area contributed by atoms with Crippen molar-refractivity contribution in [1.29, 1.82) is 0 Å². The smallest absolute Gasteiger partial charge is 0.333 e. The van der Waals surface area contributed by atoms with E-state index < -0.39 is 5.97 Å². The maximum atomic E-state index is 11.3. The lowest BCUT2D eigenvalue weighted by atomic mass is 9.93. The van der Waals surface area contributed by atoms with E-state index in [1.807, 2.05) is 11.8 Å². The van der Waals surface area contributed by atoms with E-state index in [2.05, 4.69) is 5.10 Å². The molecule has 1 aromatic heterocycles. The molecule has 0 aliphatic carbocycles. The summed E-state index contributed by atoms with van der Waals surface area (Å²) in [6.07, 6.45) is 1.64. The Balaban J connectivity index is 2.20. The van der Waals surface area contributed by atoms with Crippen molar-refractivity contribution in [3.63, 3.8) is 0 Å². The first-order valence-corrected chi connectivity index (χ1v) is 7.12. The van der Waals surface area contributed by atoms with Crippen LogP contribution in [0, 0.1) is 23.0 Å². The number of carbonyl (C=O) groups is 1. The van der Waals surface area contributed by atoms with Crippen LogP contribution in [-0.4, -0.2) is 38.9 Å². The topological polar surface area (TPSA) is 101 Å². The lowest BCUT2D eigenvalue weighted by molar-refractivity contribution is -0.384. The fraction of sp³-hybridized carbons (Fsp3) is 0.692. The first kappa shape index (κ1) is 15.3. The van der Waals surface area contributed by atoms with Crippen LogP contribution in [0.25, 0.3) is 0 Å². The van der Waals surface area contributed by atoms with E-state index in [0.29, 0.717) is 31.1 Å². The molecule has 1 aliphatic rings. The van der Waals surface area contributed by atoms with Crippen LogP contribution in [0.1, 0.15) is 31.9 Å². The Labute approximate surface area is 122 Å². The molecule has 0 spiro atoms. The summed E-state index contributed by atoms with van der Waals surface area (Å²) in [6.45, 7) is 5.37. The van der Waals surface area contributed by atoms with Crippen LogP contribution in [0.3, 0.4) is 0 Å². The number of anilines is 1. The number of hydrogen-bond acceptors (Lipinski definition) is 5. The van der Waals surface area contributed by atoms with Gasteiger partial charge in [-0.3, -0.25) is 14.9 Å². The van der Waals surface area contributed by atoms with E-state index in [0.717, 1.165) is 12.8 Å². The molecule has 2 heterocycles. The van der Waals surface area contributed by atoms with Crippen LogP contribution in [-0.2, 0) is 11.3 Å².